The molecular weight excluding hydrogens is 390 g/mol. The monoisotopic (exact) mass is 394 g/mol. The fraction of sp³-hybridized carbons (Fsp3) is 0.143. The number of halogens is 3. The van der Waals surface area contributed by atoms with Crippen LogP contribution in [0.4, 0.5) is 15.8 Å². The minimum Gasteiger partial charge on any atom is -0.281 e. The SMILES string of the molecule is O=[N+]([O-])c1cc(NS(=O)(=O)C(Cl)I)ccc1F. The van der Waals surface area contributed by atoms with Gasteiger partial charge in [-0.2, -0.15) is 4.39 Å². The molecule has 1 N–H and O–H groups in total. The van der Waals surface area contributed by atoms with Crippen LogP contribution in [0.2, 0.25) is 0 Å². The summed E-state index contributed by atoms with van der Waals surface area (Å²) in [6, 6.07) is 2.64. The standard InChI is InChI=1S/C7H5ClFIN2O4S/c8-7(10)17(15,16)11-4-1-2-5(9)6(3-4)12(13)14/h1-3,7,11H. The van der Waals surface area contributed by atoms with Crippen molar-refractivity contribution in [3.8, 4) is 0 Å². The number of alkyl halides is 2. The molecule has 0 fully saturated rings. The smallest absolute Gasteiger partial charge is 0.281 e. The van der Waals surface area contributed by atoms with E-state index in [1.165, 1.54) is 22.6 Å². The maximum absolute atomic E-state index is 13.0. The van der Waals surface area contributed by atoms with E-state index in [1.807, 2.05) is 4.72 Å². The molecule has 1 unspecified atom stereocenters. The topological polar surface area (TPSA) is 89.3 Å². The number of nitrogens with zero attached hydrogens (tertiary/aromatic N) is 1. The molecule has 0 spiro atoms. The molecule has 1 rings (SSSR count). The van der Waals surface area contributed by atoms with Gasteiger partial charge in [0, 0.05) is 6.07 Å². The lowest BCUT2D eigenvalue weighted by Crippen LogP contribution is -2.18. The summed E-state index contributed by atoms with van der Waals surface area (Å²) in [6.45, 7) is 0. The molecule has 0 saturated heterocycles. The van der Waals surface area contributed by atoms with Gasteiger partial charge in [0.05, 0.1) is 10.6 Å². The minimum atomic E-state index is -3.85. The van der Waals surface area contributed by atoms with Gasteiger partial charge in [-0.1, -0.05) is 11.6 Å². The summed E-state index contributed by atoms with van der Waals surface area (Å²) in [6.07, 6.45) is 0. The molecule has 6 nitrogen and oxygen atoms in total. The summed E-state index contributed by atoms with van der Waals surface area (Å²) in [5, 5.41) is 10.4. The fourth-order valence-electron chi connectivity index (χ4n) is 0.925. The first kappa shape index (κ1) is 14.4. The van der Waals surface area contributed by atoms with Crippen LogP contribution in [0.5, 0.6) is 0 Å². The van der Waals surface area contributed by atoms with E-state index < -0.39 is 29.2 Å². The van der Waals surface area contributed by atoms with E-state index in [4.69, 9.17) is 11.6 Å². The van der Waals surface area contributed by atoms with E-state index in [0.717, 1.165) is 18.2 Å². The zero-order chi connectivity index (χ0) is 13.2. The lowest BCUT2D eigenvalue weighted by atomic mass is 10.3. The summed E-state index contributed by atoms with van der Waals surface area (Å²) >= 11 is 6.83. The molecule has 0 aliphatic rings. The first-order valence-corrected chi connectivity index (χ1v) is 7.20. The molecular formula is C7H5ClFIN2O4S. The summed E-state index contributed by atoms with van der Waals surface area (Å²) in [5.74, 6) is -1.05. The second-order valence-corrected chi connectivity index (χ2v) is 8.12. The Hall–Kier alpha value is -0.680. The molecule has 1 aromatic rings. The number of rotatable bonds is 4. The predicted octanol–water partition coefficient (Wildman–Crippen LogP) is 2.43. The van der Waals surface area contributed by atoms with Gasteiger partial charge in [0.2, 0.25) is 8.53 Å². The average molecular weight is 395 g/mol. The molecule has 94 valence electrons. The predicted molar refractivity (Wildman–Crippen MR) is 69.3 cm³/mol. The van der Waals surface area contributed by atoms with Crippen molar-refractivity contribution in [3.63, 3.8) is 0 Å². The van der Waals surface area contributed by atoms with Gasteiger partial charge >= 0.3 is 5.69 Å². The van der Waals surface area contributed by atoms with E-state index in [9.17, 15) is 22.9 Å². The van der Waals surface area contributed by atoms with E-state index in [0.29, 0.717) is 0 Å². The van der Waals surface area contributed by atoms with Crippen LogP contribution in [0.3, 0.4) is 0 Å². The number of hydrogen-bond donors (Lipinski definition) is 1. The third kappa shape index (κ3) is 3.64. The molecule has 0 bridgehead atoms. The van der Waals surface area contributed by atoms with E-state index >= 15 is 0 Å². The first-order chi connectivity index (χ1) is 7.74. The Kier molecular flexibility index (Phi) is 4.49. The molecule has 0 saturated carbocycles. The van der Waals surface area contributed by atoms with E-state index in [1.54, 1.807) is 0 Å². The Balaban J connectivity index is 3.10. The Morgan fingerprint density at radius 2 is 2.12 bits per heavy atom. The van der Waals surface area contributed by atoms with Gasteiger partial charge in [0.1, 0.15) is 0 Å². The maximum Gasteiger partial charge on any atom is 0.306 e. The second kappa shape index (κ2) is 5.31. The largest absolute Gasteiger partial charge is 0.306 e. The van der Waals surface area contributed by atoms with E-state index in [2.05, 4.69) is 0 Å². The van der Waals surface area contributed by atoms with Crippen LogP contribution in [0.1, 0.15) is 0 Å². The van der Waals surface area contributed by atoms with Gasteiger partial charge in [-0.15, -0.1) is 0 Å². The lowest BCUT2D eigenvalue weighted by Gasteiger charge is -2.08. The fourth-order valence-corrected chi connectivity index (χ4v) is 1.98. The van der Waals surface area contributed by atoms with Crippen molar-refractivity contribution in [1.82, 2.24) is 0 Å². The van der Waals surface area contributed by atoms with Gasteiger partial charge in [0.25, 0.3) is 10.0 Å². The molecule has 17 heavy (non-hydrogen) atoms. The normalized spacial score (nSPS) is 13.1. The molecule has 0 heterocycles. The lowest BCUT2D eigenvalue weighted by molar-refractivity contribution is -0.387. The van der Waals surface area contributed by atoms with Crippen molar-refractivity contribution in [3.05, 3.63) is 34.1 Å². The molecule has 0 aliphatic heterocycles. The number of benzene rings is 1. The van der Waals surface area contributed by atoms with Gasteiger partial charge in [-0.05, 0) is 34.7 Å². The maximum atomic E-state index is 13.0. The molecule has 10 heteroatoms. The van der Waals surface area contributed by atoms with Crippen molar-refractivity contribution >= 4 is 55.6 Å². The average Bonchev–Trinajstić information content (AvgIpc) is 2.20. The molecule has 0 aliphatic carbocycles. The van der Waals surface area contributed by atoms with Crippen LogP contribution in [-0.4, -0.2) is 16.1 Å². The van der Waals surface area contributed by atoms with Gasteiger partial charge in [0.15, 0.2) is 0 Å². The second-order valence-electron chi connectivity index (χ2n) is 2.83. The van der Waals surface area contributed by atoms with Crippen LogP contribution in [0.25, 0.3) is 0 Å². The molecule has 1 atom stereocenters. The number of nitrogens with one attached hydrogen (secondary N) is 1. The highest BCUT2D eigenvalue weighted by atomic mass is 127. The van der Waals surface area contributed by atoms with Crippen molar-refractivity contribution < 1.29 is 17.7 Å². The van der Waals surface area contributed by atoms with Crippen LogP contribution in [-0.2, 0) is 10.0 Å². The molecule has 0 radical (unpaired) electrons. The zero-order valence-electron chi connectivity index (χ0n) is 7.93. The van der Waals surface area contributed by atoms with E-state index in [-0.39, 0.29) is 5.69 Å². The van der Waals surface area contributed by atoms with Crippen LogP contribution < -0.4 is 4.72 Å². The van der Waals surface area contributed by atoms with Gasteiger partial charge in [-0.25, -0.2) is 8.42 Å². The highest BCUT2D eigenvalue weighted by Crippen LogP contribution is 2.24. The van der Waals surface area contributed by atoms with Gasteiger partial charge in [-0.3, -0.25) is 14.8 Å². The third-order valence-electron chi connectivity index (χ3n) is 1.64. The highest BCUT2D eigenvalue weighted by molar-refractivity contribution is 14.1. The third-order valence-corrected chi connectivity index (χ3v) is 5.34. The minimum absolute atomic E-state index is 0.125. The van der Waals surface area contributed by atoms with Gasteiger partial charge < -0.3 is 0 Å². The number of hydrogen-bond acceptors (Lipinski definition) is 4. The molecule has 0 aromatic heterocycles. The number of nitro groups is 1. The Bertz CT molecular complexity index is 551. The Morgan fingerprint density at radius 3 is 2.59 bits per heavy atom. The zero-order valence-corrected chi connectivity index (χ0v) is 11.7. The van der Waals surface area contributed by atoms with Crippen LogP contribution >= 0.6 is 34.2 Å². The highest BCUT2D eigenvalue weighted by Gasteiger charge is 2.21. The summed E-state index contributed by atoms with van der Waals surface area (Å²) in [5.41, 5.74) is -0.940. The van der Waals surface area contributed by atoms with Crippen LogP contribution in [0.15, 0.2) is 18.2 Å². The molecule has 0 amide bonds. The van der Waals surface area contributed by atoms with Crippen molar-refractivity contribution in [2.45, 2.75) is 2.72 Å². The number of sulfonamides is 1. The first-order valence-electron chi connectivity index (χ1n) is 3.98. The summed E-state index contributed by atoms with van der Waals surface area (Å²) in [7, 11) is -3.85. The quantitative estimate of drug-likeness (QED) is 0.368. The van der Waals surface area contributed by atoms with Crippen molar-refractivity contribution in [2.24, 2.45) is 0 Å². The van der Waals surface area contributed by atoms with Crippen molar-refractivity contribution in [1.29, 1.82) is 0 Å². The number of anilines is 1. The molecule has 1 aromatic carbocycles. The number of nitro benzene ring substituents is 1. The Morgan fingerprint density at radius 1 is 1.53 bits per heavy atom. The van der Waals surface area contributed by atoms with Crippen LogP contribution in [0, 0.1) is 15.9 Å². The summed E-state index contributed by atoms with van der Waals surface area (Å²) < 4.78 is 36.4. The van der Waals surface area contributed by atoms with Crippen molar-refractivity contribution in [2.75, 3.05) is 4.72 Å². The summed E-state index contributed by atoms with van der Waals surface area (Å²) in [4.78, 5) is 9.49. The Labute approximate surface area is 114 Å².